The van der Waals surface area contributed by atoms with E-state index in [9.17, 15) is 0 Å². The molecule has 1 aliphatic carbocycles. The second-order valence-electron chi connectivity index (χ2n) is 4.39. The smallest absolute Gasteiger partial charge is 0.166 e. The van der Waals surface area contributed by atoms with Crippen molar-refractivity contribution in [2.24, 2.45) is 0 Å². The second kappa shape index (κ2) is 4.03. The van der Waals surface area contributed by atoms with Crippen molar-refractivity contribution >= 4 is 17.3 Å². The van der Waals surface area contributed by atoms with Gasteiger partial charge in [-0.15, -0.1) is 0 Å². The lowest BCUT2D eigenvalue weighted by Gasteiger charge is -2.18. The van der Waals surface area contributed by atoms with Crippen LogP contribution in [0.25, 0.3) is 0 Å². The Labute approximate surface area is 90.6 Å². The average Bonchev–Trinajstić information content (AvgIpc) is 2.81. The highest BCUT2D eigenvalue weighted by Crippen LogP contribution is 2.21. The zero-order valence-electron chi connectivity index (χ0n) is 8.75. The molecule has 2 N–H and O–H groups in total. The maximum Gasteiger partial charge on any atom is 0.166 e. The Morgan fingerprint density at radius 2 is 2.00 bits per heavy atom. The molecule has 0 radical (unpaired) electrons. The molecule has 0 aromatic heterocycles. The highest BCUT2D eigenvalue weighted by molar-refractivity contribution is 7.80. The zero-order valence-corrected chi connectivity index (χ0v) is 9.56. The second-order valence-corrected chi connectivity index (χ2v) is 4.79. The summed E-state index contributed by atoms with van der Waals surface area (Å²) in [6.07, 6.45) is 4.19. The largest absolute Gasteiger partial charge is 0.373 e. The van der Waals surface area contributed by atoms with E-state index in [0.717, 1.165) is 11.5 Å². The first-order chi connectivity index (χ1) is 6.65. The molecule has 4 heteroatoms. The molecule has 3 unspecified atom stereocenters. The van der Waals surface area contributed by atoms with Crippen molar-refractivity contribution in [1.82, 2.24) is 10.6 Å². The van der Waals surface area contributed by atoms with E-state index >= 15 is 0 Å². The van der Waals surface area contributed by atoms with E-state index in [1.54, 1.807) is 0 Å². The number of nitrogens with one attached hydrogen (secondary N) is 2. The van der Waals surface area contributed by atoms with Gasteiger partial charge in [-0.2, -0.15) is 0 Å². The van der Waals surface area contributed by atoms with Crippen molar-refractivity contribution in [2.75, 3.05) is 0 Å². The molecule has 3 atom stereocenters. The monoisotopic (exact) mass is 214 g/mol. The van der Waals surface area contributed by atoms with Crippen LogP contribution >= 0.6 is 12.2 Å². The summed E-state index contributed by atoms with van der Waals surface area (Å²) >= 11 is 5.22. The molecular weight excluding hydrogens is 196 g/mol. The fourth-order valence-electron chi connectivity index (χ4n) is 1.87. The van der Waals surface area contributed by atoms with Crippen LogP contribution in [0.1, 0.15) is 33.1 Å². The van der Waals surface area contributed by atoms with E-state index in [-0.39, 0.29) is 6.10 Å². The highest BCUT2D eigenvalue weighted by Gasteiger charge is 2.30. The molecule has 1 saturated heterocycles. The van der Waals surface area contributed by atoms with Gasteiger partial charge in [0.05, 0.1) is 18.2 Å². The van der Waals surface area contributed by atoms with E-state index in [1.165, 1.54) is 12.8 Å². The first-order valence-corrected chi connectivity index (χ1v) is 5.78. The third-order valence-electron chi connectivity index (χ3n) is 2.83. The number of rotatable bonds is 2. The minimum Gasteiger partial charge on any atom is -0.373 e. The lowest BCUT2D eigenvalue weighted by molar-refractivity contribution is 0.0622. The molecule has 3 nitrogen and oxygen atoms in total. The van der Waals surface area contributed by atoms with Gasteiger partial charge in [0.2, 0.25) is 0 Å². The number of thiocarbonyl (C=S) groups is 1. The predicted molar refractivity (Wildman–Crippen MR) is 60.3 cm³/mol. The lowest BCUT2D eigenvalue weighted by Crippen LogP contribution is -2.45. The molecule has 14 heavy (non-hydrogen) atoms. The maximum atomic E-state index is 5.65. The molecule has 1 aliphatic heterocycles. The molecular formula is C10H18N2OS. The summed E-state index contributed by atoms with van der Waals surface area (Å²) in [6.45, 7) is 4.20. The molecule has 1 heterocycles. The van der Waals surface area contributed by atoms with E-state index < -0.39 is 0 Å². The number of hydrogen-bond acceptors (Lipinski definition) is 2. The van der Waals surface area contributed by atoms with Crippen LogP contribution in [0.4, 0.5) is 0 Å². The van der Waals surface area contributed by atoms with E-state index in [0.29, 0.717) is 18.2 Å². The quantitative estimate of drug-likeness (QED) is 0.676. The lowest BCUT2D eigenvalue weighted by atomic mass is 10.1. The Hall–Kier alpha value is -0.350. The van der Waals surface area contributed by atoms with E-state index in [4.69, 9.17) is 17.0 Å². The Bertz CT molecular complexity index is 230. The fourth-order valence-corrected chi connectivity index (χ4v) is 2.18. The maximum absolute atomic E-state index is 5.65. The van der Waals surface area contributed by atoms with Gasteiger partial charge in [-0.1, -0.05) is 0 Å². The Kier molecular flexibility index (Phi) is 2.93. The van der Waals surface area contributed by atoms with Crippen LogP contribution < -0.4 is 10.6 Å². The van der Waals surface area contributed by atoms with Gasteiger partial charge in [-0.05, 0) is 45.3 Å². The van der Waals surface area contributed by atoms with Crippen LogP contribution in [0.3, 0.4) is 0 Å². The molecule has 0 amide bonds. The van der Waals surface area contributed by atoms with E-state index in [1.807, 2.05) is 0 Å². The summed E-state index contributed by atoms with van der Waals surface area (Å²) in [5.74, 6) is 0. The van der Waals surface area contributed by atoms with Crippen molar-refractivity contribution in [3.05, 3.63) is 0 Å². The molecule has 0 spiro atoms. The Balaban J connectivity index is 1.75. The fraction of sp³-hybridized carbons (Fsp3) is 0.900. The summed E-state index contributed by atoms with van der Waals surface area (Å²) in [5, 5.41) is 7.40. The SMILES string of the molecule is CC1CC(NC(=S)NC2CC2)C(C)O1. The summed E-state index contributed by atoms with van der Waals surface area (Å²) in [7, 11) is 0. The molecule has 0 aromatic rings. The van der Waals surface area contributed by atoms with Crippen molar-refractivity contribution < 1.29 is 4.74 Å². The van der Waals surface area contributed by atoms with Gasteiger partial charge in [0.15, 0.2) is 5.11 Å². The number of hydrogen-bond donors (Lipinski definition) is 2. The van der Waals surface area contributed by atoms with Crippen LogP contribution in [-0.2, 0) is 4.74 Å². The average molecular weight is 214 g/mol. The van der Waals surface area contributed by atoms with Gasteiger partial charge in [-0.3, -0.25) is 0 Å². The first kappa shape index (κ1) is 10.2. The molecule has 0 aromatic carbocycles. The van der Waals surface area contributed by atoms with Crippen molar-refractivity contribution in [3.8, 4) is 0 Å². The van der Waals surface area contributed by atoms with Crippen LogP contribution in [0.15, 0.2) is 0 Å². The molecule has 2 aliphatic rings. The van der Waals surface area contributed by atoms with Crippen LogP contribution in [0.5, 0.6) is 0 Å². The molecule has 2 fully saturated rings. The van der Waals surface area contributed by atoms with Crippen LogP contribution in [0, 0.1) is 0 Å². The third-order valence-corrected chi connectivity index (χ3v) is 3.06. The van der Waals surface area contributed by atoms with Gasteiger partial charge in [0, 0.05) is 6.04 Å². The number of ether oxygens (including phenoxy) is 1. The van der Waals surface area contributed by atoms with Crippen molar-refractivity contribution in [1.29, 1.82) is 0 Å². The minimum atomic E-state index is 0.268. The van der Waals surface area contributed by atoms with Gasteiger partial charge in [0.1, 0.15) is 0 Å². The predicted octanol–water partition coefficient (Wildman–Crippen LogP) is 1.18. The summed E-state index contributed by atoms with van der Waals surface area (Å²) in [4.78, 5) is 0. The topological polar surface area (TPSA) is 33.3 Å². The van der Waals surface area contributed by atoms with Crippen LogP contribution in [-0.4, -0.2) is 29.4 Å². The van der Waals surface area contributed by atoms with Gasteiger partial charge < -0.3 is 15.4 Å². The van der Waals surface area contributed by atoms with Crippen molar-refractivity contribution in [2.45, 2.75) is 57.4 Å². The Morgan fingerprint density at radius 1 is 1.29 bits per heavy atom. The molecule has 1 saturated carbocycles. The summed E-state index contributed by atoms with van der Waals surface area (Å²) < 4.78 is 5.65. The van der Waals surface area contributed by atoms with Gasteiger partial charge >= 0.3 is 0 Å². The van der Waals surface area contributed by atoms with Gasteiger partial charge in [0.25, 0.3) is 0 Å². The van der Waals surface area contributed by atoms with Crippen molar-refractivity contribution in [3.63, 3.8) is 0 Å². The third kappa shape index (κ3) is 2.58. The molecule has 0 bridgehead atoms. The Morgan fingerprint density at radius 3 is 2.50 bits per heavy atom. The standard InChI is InChI=1S/C10H18N2OS/c1-6-5-9(7(2)13-6)12-10(14)11-8-3-4-8/h6-9H,3-5H2,1-2H3,(H2,11,12,14). The summed E-state index contributed by atoms with van der Waals surface area (Å²) in [6, 6.07) is 1.01. The normalized spacial score (nSPS) is 36.9. The zero-order chi connectivity index (χ0) is 10.1. The molecule has 80 valence electrons. The summed E-state index contributed by atoms with van der Waals surface area (Å²) in [5.41, 5.74) is 0. The van der Waals surface area contributed by atoms with Gasteiger partial charge in [-0.25, -0.2) is 0 Å². The minimum absolute atomic E-state index is 0.268. The van der Waals surface area contributed by atoms with E-state index in [2.05, 4.69) is 24.5 Å². The van der Waals surface area contributed by atoms with Crippen LogP contribution in [0.2, 0.25) is 0 Å². The molecule has 2 rings (SSSR count). The first-order valence-electron chi connectivity index (χ1n) is 5.37. The highest BCUT2D eigenvalue weighted by atomic mass is 32.1.